The summed E-state index contributed by atoms with van der Waals surface area (Å²) in [5, 5.41) is 3.19. The summed E-state index contributed by atoms with van der Waals surface area (Å²) in [6.07, 6.45) is 4.56. The number of carbonyl (C=O) groups is 1. The fourth-order valence-corrected chi connectivity index (χ4v) is 4.13. The highest BCUT2D eigenvalue weighted by Gasteiger charge is 2.22. The Kier molecular flexibility index (Phi) is 5.62. The van der Waals surface area contributed by atoms with Gasteiger partial charge in [-0.15, -0.1) is 0 Å². The maximum atomic E-state index is 13.0. The van der Waals surface area contributed by atoms with Gasteiger partial charge >= 0.3 is 0 Å². The summed E-state index contributed by atoms with van der Waals surface area (Å²) in [6.45, 7) is 0. The van der Waals surface area contributed by atoms with Crippen LogP contribution in [0.2, 0.25) is 0 Å². The molecule has 1 aromatic heterocycles. The van der Waals surface area contributed by atoms with Crippen molar-refractivity contribution in [2.24, 2.45) is 0 Å². The van der Waals surface area contributed by atoms with Gasteiger partial charge in [0, 0.05) is 17.2 Å². The molecule has 1 aliphatic carbocycles. The Morgan fingerprint density at radius 3 is 2.66 bits per heavy atom. The summed E-state index contributed by atoms with van der Waals surface area (Å²) in [5.74, 6) is 0.877. The predicted molar refractivity (Wildman–Crippen MR) is 124 cm³/mol. The molecule has 1 heterocycles. The smallest absolute Gasteiger partial charge is 0.251 e. The zero-order valence-corrected chi connectivity index (χ0v) is 17.6. The number of aryl methyl sites for hydroxylation is 1. The Morgan fingerprint density at radius 2 is 1.75 bits per heavy atom. The fourth-order valence-electron chi connectivity index (χ4n) is 4.13. The minimum absolute atomic E-state index is 0.0346. The van der Waals surface area contributed by atoms with Gasteiger partial charge in [0.15, 0.2) is 0 Å². The first-order valence-electron chi connectivity index (χ1n) is 10.8. The van der Waals surface area contributed by atoms with Gasteiger partial charge in [0.05, 0.1) is 11.7 Å². The van der Waals surface area contributed by atoms with Crippen molar-refractivity contribution in [3.05, 3.63) is 108 Å². The summed E-state index contributed by atoms with van der Waals surface area (Å²) in [7, 11) is 0. The molecule has 0 spiro atoms. The van der Waals surface area contributed by atoms with Gasteiger partial charge in [-0.25, -0.2) is 9.97 Å². The van der Waals surface area contributed by atoms with E-state index in [1.165, 1.54) is 17.5 Å². The molecular weight excluding hydrogens is 398 g/mol. The Hall–Kier alpha value is -3.99. The average molecular weight is 422 g/mol. The second kappa shape index (κ2) is 9.02. The van der Waals surface area contributed by atoms with Gasteiger partial charge in [-0.3, -0.25) is 4.79 Å². The van der Waals surface area contributed by atoms with Crippen molar-refractivity contribution >= 4 is 5.91 Å². The number of hydrogen-bond acceptors (Lipinski definition) is 4. The molecule has 1 amide bonds. The zero-order chi connectivity index (χ0) is 21.8. The largest absolute Gasteiger partial charge is 0.439 e. The third kappa shape index (κ3) is 4.37. The van der Waals surface area contributed by atoms with Gasteiger partial charge < -0.3 is 10.1 Å². The van der Waals surface area contributed by atoms with E-state index in [2.05, 4.69) is 33.5 Å². The quantitative estimate of drug-likeness (QED) is 0.446. The first-order chi connectivity index (χ1) is 15.8. The van der Waals surface area contributed by atoms with Crippen molar-refractivity contribution in [3.8, 4) is 22.9 Å². The fraction of sp³-hybridized carbons (Fsp3) is 0.148. The van der Waals surface area contributed by atoms with Crippen molar-refractivity contribution in [2.45, 2.75) is 25.3 Å². The number of nitrogens with zero attached hydrogens (tertiary/aromatic N) is 2. The molecule has 1 atom stereocenters. The van der Waals surface area contributed by atoms with E-state index in [1.54, 1.807) is 18.2 Å². The maximum Gasteiger partial charge on any atom is 0.251 e. The van der Waals surface area contributed by atoms with E-state index < -0.39 is 0 Å². The lowest BCUT2D eigenvalue weighted by Gasteiger charge is -2.26. The molecule has 0 bridgehead atoms. The molecule has 4 aromatic rings. The maximum absolute atomic E-state index is 13.0. The van der Waals surface area contributed by atoms with E-state index in [4.69, 9.17) is 4.74 Å². The van der Waals surface area contributed by atoms with Crippen LogP contribution < -0.4 is 10.1 Å². The van der Waals surface area contributed by atoms with Crippen LogP contribution in [0.4, 0.5) is 0 Å². The second-order valence-electron chi connectivity index (χ2n) is 7.85. The molecule has 5 heteroatoms. The van der Waals surface area contributed by atoms with Crippen LogP contribution in [0, 0.1) is 0 Å². The molecule has 1 N–H and O–H groups in total. The van der Waals surface area contributed by atoms with Crippen LogP contribution in [0.15, 0.2) is 91.3 Å². The van der Waals surface area contributed by atoms with Crippen molar-refractivity contribution in [3.63, 3.8) is 0 Å². The van der Waals surface area contributed by atoms with Gasteiger partial charge in [-0.2, -0.15) is 0 Å². The molecule has 0 unspecified atom stereocenters. The van der Waals surface area contributed by atoms with Crippen LogP contribution in [0.25, 0.3) is 11.3 Å². The number of amides is 1. The molecule has 0 fully saturated rings. The molecule has 0 radical (unpaired) electrons. The molecule has 1 aliphatic rings. The van der Waals surface area contributed by atoms with E-state index in [9.17, 15) is 4.79 Å². The predicted octanol–water partition coefficient (Wildman–Crippen LogP) is 5.74. The van der Waals surface area contributed by atoms with Crippen LogP contribution in [-0.2, 0) is 6.42 Å². The molecule has 0 saturated carbocycles. The van der Waals surface area contributed by atoms with Crippen molar-refractivity contribution in [2.75, 3.05) is 0 Å². The topological polar surface area (TPSA) is 64.1 Å². The third-order valence-corrected chi connectivity index (χ3v) is 5.70. The van der Waals surface area contributed by atoms with E-state index in [-0.39, 0.29) is 11.9 Å². The second-order valence-corrected chi connectivity index (χ2v) is 7.85. The van der Waals surface area contributed by atoms with Crippen LogP contribution in [0.3, 0.4) is 0 Å². The van der Waals surface area contributed by atoms with Gasteiger partial charge in [-0.1, -0.05) is 60.7 Å². The molecule has 3 aromatic carbocycles. The first kappa shape index (κ1) is 19.9. The van der Waals surface area contributed by atoms with E-state index >= 15 is 0 Å². The Bertz CT molecular complexity index is 1240. The van der Waals surface area contributed by atoms with Gasteiger partial charge in [-0.05, 0) is 48.6 Å². The number of aromatic nitrogens is 2. The third-order valence-electron chi connectivity index (χ3n) is 5.70. The Morgan fingerprint density at radius 1 is 0.906 bits per heavy atom. The normalized spacial score (nSPS) is 14.9. The highest BCUT2D eigenvalue weighted by atomic mass is 16.5. The summed E-state index contributed by atoms with van der Waals surface area (Å²) in [6, 6.07) is 27.2. The Balaban J connectivity index is 1.32. The van der Waals surface area contributed by atoms with Crippen LogP contribution in [0.5, 0.6) is 11.6 Å². The zero-order valence-electron chi connectivity index (χ0n) is 17.6. The molecule has 5 nitrogen and oxygen atoms in total. The summed E-state index contributed by atoms with van der Waals surface area (Å²) >= 11 is 0. The number of benzene rings is 3. The molecular formula is C27H23N3O2. The van der Waals surface area contributed by atoms with Crippen LogP contribution in [-0.4, -0.2) is 15.9 Å². The number of rotatable bonds is 5. The number of hydrogen-bond donors (Lipinski definition) is 1. The minimum Gasteiger partial charge on any atom is -0.439 e. The van der Waals surface area contributed by atoms with E-state index in [0.29, 0.717) is 17.2 Å². The summed E-state index contributed by atoms with van der Waals surface area (Å²) in [5.41, 5.74) is 4.86. The molecule has 0 saturated heterocycles. The number of ether oxygens (including phenoxy) is 1. The monoisotopic (exact) mass is 421 g/mol. The standard InChI is InChI=1S/C27H23N3O2/c31-27(30-24-15-7-11-19-8-4-5-14-23(19)24)21-12-6-13-22(16-21)32-26-17-25(28-18-29-26)20-9-2-1-3-10-20/h1-6,8-10,12-14,16-18,24H,7,11,15H2,(H,30,31)/t24-/m0/s1. The molecule has 5 rings (SSSR count). The lowest BCUT2D eigenvalue weighted by Crippen LogP contribution is -2.30. The number of carbonyl (C=O) groups excluding carboxylic acids is 1. The lowest BCUT2D eigenvalue weighted by atomic mass is 9.87. The molecule has 0 aliphatic heterocycles. The van der Waals surface area contributed by atoms with Crippen LogP contribution in [0.1, 0.15) is 40.4 Å². The highest BCUT2D eigenvalue weighted by molar-refractivity contribution is 5.94. The SMILES string of the molecule is O=C(N[C@H]1CCCc2ccccc21)c1cccc(Oc2cc(-c3ccccc3)ncn2)c1. The van der Waals surface area contributed by atoms with E-state index in [1.807, 2.05) is 48.5 Å². The number of nitrogens with one attached hydrogen (secondary N) is 1. The van der Waals surface area contributed by atoms with Gasteiger partial charge in [0.25, 0.3) is 5.91 Å². The molecule has 158 valence electrons. The minimum atomic E-state index is -0.107. The van der Waals surface area contributed by atoms with Crippen LogP contribution >= 0.6 is 0 Å². The van der Waals surface area contributed by atoms with Crippen molar-refractivity contribution < 1.29 is 9.53 Å². The number of fused-ring (bicyclic) bond motifs is 1. The summed E-state index contributed by atoms with van der Waals surface area (Å²) in [4.78, 5) is 21.5. The van der Waals surface area contributed by atoms with Crippen molar-refractivity contribution in [1.82, 2.24) is 15.3 Å². The highest BCUT2D eigenvalue weighted by Crippen LogP contribution is 2.30. The summed E-state index contributed by atoms with van der Waals surface area (Å²) < 4.78 is 5.95. The average Bonchev–Trinajstić information content (AvgIpc) is 2.85. The van der Waals surface area contributed by atoms with Crippen molar-refractivity contribution in [1.29, 1.82) is 0 Å². The van der Waals surface area contributed by atoms with E-state index in [0.717, 1.165) is 30.5 Å². The Labute approximate surface area is 187 Å². The molecule has 32 heavy (non-hydrogen) atoms. The van der Waals surface area contributed by atoms with Gasteiger partial charge in [0.1, 0.15) is 12.1 Å². The lowest BCUT2D eigenvalue weighted by molar-refractivity contribution is 0.0932. The first-order valence-corrected chi connectivity index (χ1v) is 10.8. The van der Waals surface area contributed by atoms with Gasteiger partial charge in [0.2, 0.25) is 5.88 Å².